The van der Waals surface area contributed by atoms with Crippen molar-refractivity contribution in [1.29, 1.82) is 0 Å². The van der Waals surface area contributed by atoms with Gasteiger partial charge in [0.2, 0.25) is 0 Å². The molecule has 3 heterocycles. The number of Topliss-reactive ketones (excluding diaryl/α,β-unsaturated/α-hetero) is 1. The van der Waals surface area contributed by atoms with Gasteiger partial charge >= 0.3 is 0 Å². The second kappa shape index (κ2) is 6.16. The molecule has 0 saturated heterocycles. The Balaban J connectivity index is 1.81. The van der Waals surface area contributed by atoms with E-state index < -0.39 is 5.41 Å². The summed E-state index contributed by atoms with van der Waals surface area (Å²) in [6, 6.07) is 10.1. The zero-order valence-corrected chi connectivity index (χ0v) is 15.8. The number of aryl methyl sites for hydroxylation is 1. The predicted octanol–water partition coefficient (Wildman–Crippen LogP) is 4.25. The Bertz CT molecular complexity index is 1150. The van der Waals surface area contributed by atoms with Gasteiger partial charge in [0.25, 0.3) is 0 Å². The van der Waals surface area contributed by atoms with Crippen LogP contribution in [-0.4, -0.2) is 30.5 Å². The lowest BCUT2D eigenvalue weighted by atomic mass is 9.87. The summed E-state index contributed by atoms with van der Waals surface area (Å²) in [6.45, 7) is 5.72. The summed E-state index contributed by atoms with van der Waals surface area (Å²) in [7, 11) is 1.91. The molecule has 0 aliphatic rings. The number of hydrogen-bond donors (Lipinski definition) is 1. The molecule has 1 aromatic carbocycles. The van der Waals surface area contributed by atoms with Crippen LogP contribution in [0.5, 0.6) is 0 Å². The fourth-order valence-electron chi connectivity index (χ4n) is 3.10. The first-order valence-corrected chi connectivity index (χ1v) is 8.82. The van der Waals surface area contributed by atoms with Gasteiger partial charge in [-0.2, -0.15) is 5.10 Å². The molecule has 4 aromatic rings. The third-order valence-electron chi connectivity index (χ3n) is 4.58. The Morgan fingerprint density at radius 3 is 2.63 bits per heavy atom. The summed E-state index contributed by atoms with van der Waals surface area (Å²) < 4.78 is 1.83. The Morgan fingerprint density at radius 2 is 1.93 bits per heavy atom. The number of carbonyl (C=O) groups excluding carboxylic acids is 1. The molecule has 6 nitrogen and oxygen atoms in total. The summed E-state index contributed by atoms with van der Waals surface area (Å²) in [5.41, 5.74) is 5.08. The Kier molecular flexibility index (Phi) is 3.91. The van der Waals surface area contributed by atoms with E-state index in [1.54, 1.807) is 18.6 Å². The molecule has 3 aromatic heterocycles. The molecule has 136 valence electrons. The third kappa shape index (κ3) is 3.03. The van der Waals surface area contributed by atoms with E-state index in [0.29, 0.717) is 16.7 Å². The van der Waals surface area contributed by atoms with Crippen molar-refractivity contribution in [2.45, 2.75) is 20.8 Å². The van der Waals surface area contributed by atoms with Crippen molar-refractivity contribution in [3.05, 3.63) is 54.5 Å². The van der Waals surface area contributed by atoms with E-state index in [0.717, 1.165) is 22.5 Å². The first-order chi connectivity index (χ1) is 12.8. The molecule has 0 atom stereocenters. The molecule has 0 aliphatic heterocycles. The van der Waals surface area contributed by atoms with Crippen LogP contribution < -0.4 is 0 Å². The van der Waals surface area contributed by atoms with Gasteiger partial charge in [-0.05, 0) is 12.1 Å². The van der Waals surface area contributed by atoms with E-state index in [2.05, 4.69) is 21.1 Å². The molecule has 0 unspecified atom stereocenters. The summed E-state index contributed by atoms with van der Waals surface area (Å²) in [4.78, 5) is 25.0. The van der Waals surface area contributed by atoms with E-state index >= 15 is 0 Å². The number of carbonyl (C=O) groups is 1. The molecular formula is C21H21N5O. The molecule has 0 radical (unpaired) electrons. The van der Waals surface area contributed by atoms with E-state index in [9.17, 15) is 4.79 Å². The smallest absolute Gasteiger partial charge is 0.171 e. The van der Waals surface area contributed by atoms with E-state index in [1.807, 2.05) is 56.8 Å². The van der Waals surface area contributed by atoms with Gasteiger partial charge in [-0.25, -0.2) is 9.97 Å². The van der Waals surface area contributed by atoms with E-state index in [4.69, 9.17) is 4.98 Å². The van der Waals surface area contributed by atoms with Crippen LogP contribution >= 0.6 is 0 Å². The molecule has 0 amide bonds. The fraction of sp³-hybridized carbons (Fsp3) is 0.238. The number of H-pyrrole nitrogens is 1. The summed E-state index contributed by atoms with van der Waals surface area (Å²) in [6.07, 6.45) is 5.21. The van der Waals surface area contributed by atoms with E-state index in [-0.39, 0.29) is 5.78 Å². The van der Waals surface area contributed by atoms with Gasteiger partial charge in [0, 0.05) is 36.0 Å². The summed E-state index contributed by atoms with van der Waals surface area (Å²) in [5.74, 6) is 0.0452. The summed E-state index contributed by atoms with van der Waals surface area (Å²) in [5, 5.41) is 4.23. The van der Waals surface area contributed by atoms with Gasteiger partial charge in [0.15, 0.2) is 11.4 Å². The normalized spacial score (nSPS) is 11.9. The maximum atomic E-state index is 12.7. The van der Waals surface area contributed by atoms with Gasteiger partial charge in [-0.1, -0.05) is 39.0 Å². The number of aromatic amines is 1. The molecule has 27 heavy (non-hydrogen) atoms. The Hall–Kier alpha value is -3.28. The first kappa shape index (κ1) is 17.1. The highest BCUT2D eigenvalue weighted by molar-refractivity contribution is 6.08. The van der Waals surface area contributed by atoms with Crippen molar-refractivity contribution in [2.75, 3.05) is 0 Å². The highest BCUT2D eigenvalue weighted by Crippen LogP contribution is 2.28. The maximum Gasteiger partial charge on any atom is 0.171 e. The van der Waals surface area contributed by atoms with Crippen molar-refractivity contribution in [1.82, 2.24) is 24.7 Å². The molecule has 0 saturated carbocycles. The van der Waals surface area contributed by atoms with Crippen LogP contribution in [0.2, 0.25) is 0 Å². The van der Waals surface area contributed by atoms with Crippen molar-refractivity contribution in [3.8, 4) is 22.5 Å². The highest BCUT2D eigenvalue weighted by atomic mass is 16.1. The number of aromatic nitrogens is 5. The number of rotatable bonds is 3. The average Bonchev–Trinajstić information content (AvgIpc) is 3.26. The van der Waals surface area contributed by atoms with Crippen molar-refractivity contribution in [3.63, 3.8) is 0 Å². The minimum atomic E-state index is -0.480. The molecule has 1 N–H and O–H groups in total. The minimum absolute atomic E-state index is 0.0452. The molecule has 6 heteroatoms. The maximum absolute atomic E-state index is 12.7. The number of fused-ring (bicyclic) bond motifs is 1. The van der Waals surface area contributed by atoms with Crippen molar-refractivity contribution < 1.29 is 4.79 Å². The quantitative estimate of drug-likeness (QED) is 0.555. The standard InChI is InChI=1S/C21H21N5O/c1-21(2,3)19(27)15-11-22-20-18(15)25-16(12-23-20)13-6-5-7-14(10-13)17-8-9-24-26(17)4/h5-12H,1-4H3,(H,22,23). The SMILES string of the molecule is Cn1nccc1-c1cccc(-c2cnc3[nH]cc(C(=O)C(C)(C)C)c3n2)c1. The molecule has 0 fully saturated rings. The average molecular weight is 359 g/mol. The second-order valence-electron chi connectivity index (χ2n) is 7.65. The third-order valence-corrected chi connectivity index (χ3v) is 4.58. The van der Waals surface area contributed by atoms with Crippen molar-refractivity contribution >= 4 is 16.9 Å². The minimum Gasteiger partial charge on any atom is -0.344 e. The number of nitrogens with one attached hydrogen (secondary N) is 1. The molecule has 0 bridgehead atoms. The van der Waals surface area contributed by atoms with Crippen LogP contribution in [0.15, 0.2) is 48.9 Å². The predicted molar refractivity (Wildman–Crippen MR) is 105 cm³/mol. The first-order valence-electron chi connectivity index (χ1n) is 8.82. The molecule has 0 aliphatic carbocycles. The lowest BCUT2D eigenvalue weighted by Gasteiger charge is -2.15. The van der Waals surface area contributed by atoms with Gasteiger partial charge in [-0.3, -0.25) is 9.48 Å². The van der Waals surface area contributed by atoms with Crippen LogP contribution in [0.1, 0.15) is 31.1 Å². The topological polar surface area (TPSA) is 76.5 Å². The lowest BCUT2D eigenvalue weighted by molar-refractivity contribution is 0.0860. The number of ketones is 1. The number of hydrogen-bond acceptors (Lipinski definition) is 4. The van der Waals surface area contributed by atoms with Crippen LogP contribution in [0.4, 0.5) is 0 Å². The highest BCUT2D eigenvalue weighted by Gasteiger charge is 2.26. The van der Waals surface area contributed by atoms with Crippen LogP contribution in [0, 0.1) is 5.41 Å². The van der Waals surface area contributed by atoms with Crippen LogP contribution in [0.3, 0.4) is 0 Å². The summed E-state index contributed by atoms with van der Waals surface area (Å²) >= 11 is 0. The van der Waals surface area contributed by atoms with Gasteiger partial charge < -0.3 is 4.98 Å². The monoisotopic (exact) mass is 359 g/mol. The van der Waals surface area contributed by atoms with Gasteiger partial charge in [0.05, 0.1) is 23.1 Å². The lowest BCUT2D eigenvalue weighted by Crippen LogP contribution is -2.20. The molecule has 0 spiro atoms. The Morgan fingerprint density at radius 1 is 1.15 bits per heavy atom. The number of nitrogens with zero attached hydrogens (tertiary/aromatic N) is 4. The number of benzene rings is 1. The van der Waals surface area contributed by atoms with Crippen molar-refractivity contribution in [2.24, 2.45) is 12.5 Å². The Labute approximate surface area is 157 Å². The zero-order valence-electron chi connectivity index (χ0n) is 15.8. The van der Waals surface area contributed by atoms with Crippen LogP contribution in [0.25, 0.3) is 33.7 Å². The van der Waals surface area contributed by atoms with Gasteiger partial charge in [0.1, 0.15) is 5.52 Å². The molecular weight excluding hydrogens is 338 g/mol. The molecule has 4 rings (SSSR count). The van der Waals surface area contributed by atoms with Gasteiger partial charge in [-0.15, -0.1) is 0 Å². The van der Waals surface area contributed by atoms with Crippen LogP contribution in [-0.2, 0) is 7.05 Å². The largest absolute Gasteiger partial charge is 0.344 e. The van der Waals surface area contributed by atoms with E-state index in [1.165, 1.54) is 0 Å². The fourth-order valence-corrected chi connectivity index (χ4v) is 3.10. The second-order valence-corrected chi connectivity index (χ2v) is 7.65. The zero-order chi connectivity index (χ0) is 19.2.